The average molecular weight is 214 g/mol. The van der Waals surface area contributed by atoms with Gasteiger partial charge in [-0.25, -0.2) is 0 Å². The molecular formula is C14H30O. The van der Waals surface area contributed by atoms with Crippen LogP contribution >= 0.6 is 0 Å². The molecule has 1 N–H and O–H groups in total. The van der Waals surface area contributed by atoms with Gasteiger partial charge >= 0.3 is 0 Å². The van der Waals surface area contributed by atoms with Crippen LogP contribution in [0.1, 0.15) is 53.9 Å². The largest absolute Gasteiger partial charge is 0.397 e. The number of rotatable bonds is 5. The van der Waals surface area contributed by atoms with E-state index in [-0.39, 0.29) is 6.61 Å². The van der Waals surface area contributed by atoms with Crippen LogP contribution in [0.4, 0.5) is 0 Å². The molecule has 0 amide bonds. The summed E-state index contributed by atoms with van der Waals surface area (Å²) in [5.74, 6) is 0.720. The Morgan fingerprint density at radius 1 is 1.27 bits per heavy atom. The maximum absolute atomic E-state index is 7.57. The van der Waals surface area contributed by atoms with Crippen LogP contribution in [0.3, 0.4) is 0 Å². The summed E-state index contributed by atoms with van der Waals surface area (Å²) in [5.41, 5.74) is 0. The Kier molecular flexibility index (Phi) is 31.0. The van der Waals surface area contributed by atoms with Crippen molar-refractivity contribution in [2.24, 2.45) is 5.92 Å². The SMILES string of the molecule is C=CCCC(C)/C=C/CC.CC.CCO. The van der Waals surface area contributed by atoms with E-state index in [1.54, 1.807) is 6.92 Å². The smallest absolute Gasteiger partial charge is 0.0402 e. The maximum atomic E-state index is 7.57. The molecule has 0 heterocycles. The first kappa shape index (κ1) is 19.9. The van der Waals surface area contributed by atoms with Crippen LogP contribution in [0, 0.1) is 5.92 Å². The molecular weight excluding hydrogens is 184 g/mol. The highest BCUT2D eigenvalue weighted by Crippen LogP contribution is 2.07. The summed E-state index contributed by atoms with van der Waals surface area (Å²) >= 11 is 0. The zero-order chi connectivity index (χ0) is 12.5. The highest BCUT2D eigenvalue weighted by atomic mass is 16.2. The highest BCUT2D eigenvalue weighted by Gasteiger charge is 1.92. The Labute approximate surface area is 96.9 Å². The van der Waals surface area contributed by atoms with Gasteiger partial charge < -0.3 is 5.11 Å². The zero-order valence-electron chi connectivity index (χ0n) is 11.3. The van der Waals surface area contributed by atoms with Crippen LogP contribution in [-0.4, -0.2) is 11.7 Å². The van der Waals surface area contributed by atoms with E-state index in [1.165, 1.54) is 6.42 Å². The molecule has 0 aliphatic heterocycles. The topological polar surface area (TPSA) is 20.2 Å². The second kappa shape index (κ2) is 23.3. The van der Waals surface area contributed by atoms with E-state index in [2.05, 4.69) is 32.6 Å². The minimum Gasteiger partial charge on any atom is -0.397 e. The van der Waals surface area contributed by atoms with Crippen LogP contribution in [0.15, 0.2) is 24.8 Å². The summed E-state index contributed by atoms with van der Waals surface area (Å²) in [7, 11) is 0. The van der Waals surface area contributed by atoms with Crippen LogP contribution in [-0.2, 0) is 0 Å². The van der Waals surface area contributed by atoms with Gasteiger partial charge in [-0.15, -0.1) is 6.58 Å². The molecule has 1 atom stereocenters. The highest BCUT2D eigenvalue weighted by molar-refractivity contribution is 4.86. The Morgan fingerprint density at radius 3 is 2.07 bits per heavy atom. The van der Waals surface area contributed by atoms with E-state index in [4.69, 9.17) is 5.11 Å². The third-order valence-corrected chi connectivity index (χ3v) is 1.53. The maximum Gasteiger partial charge on any atom is 0.0402 e. The molecule has 0 fully saturated rings. The minimum absolute atomic E-state index is 0.250. The summed E-state index contributed by atoms with van der Waals surface area (Å²) < 4.78 is 0. The fourth-order valence-electron chi connectivity index (χ4n) is 0.845. The van der Waals surface area contributed by atoms with Crippen molar-refractivity contribution in [3.8, 4) is 0 Å². The lowest BCUT2D eigenvalue weighted by molar-refractivity contribution is 0.318. The van der Waals surface area contributed by atoms with Crippen molar-refractivity contribution in [3.63, 3.8) is 0 Å². The number of hydrogen-bond donors (Lipinski definition) is 1. The molecule has 0 saturated carbocycles. The van der Waals surface area contributed by atoms with Crippen molar-refractivity contribution in [3.05, 3.63) is 24.8 Å². The molecule has 0 radical (unpaired) electrons. The summed E-state index contributed by atoms with van der Waals surface area (Å²) in [6, 6.07) is 0. The molecule has 0 aromatic carbocycles. The van der Waals surface area contributed by atoms with Gasteiger partial charge in [-0.05, 0) is 32.1 Å². The molecule has 0 aromatic rings. The first-order chi connectivity index (χ1) is 7.22. The second-order valence-electron chi connectivity index (χ2n) is 3.00. The van der Waals surface area contributed by atoms with E-state index < -0.39 is 0 Å². The molecule has 15 heavy (non-hydrogen) atoms. The molecule has 0 spiro atoms. The summed E-state index contributed by atoms with van der Waals surface area (Å²) in [5, 5.41) is 7.57. The van der Waals surface area contributed by atoms with Crippen LogP contribution < -0.4 is 0 Å². The fraction of sp³-hybridized carbons (Fsp3) is 0.714. The van der Waals surface area contributed by atoms with Crippen molar-refractivity contribution in [2.75, 3.05) is 6.61 Å². The van der Waals surface area contributed by atoms with Crippen molar-refractivity contribution in [1.29, 1.82) is 0 Å². The van der Waals surface area contributed by atoms with Crippen LogP contribution in [0.25, 0.3) is 0 Å². The Hall–Kier alpha value is -0.560. The molecule has 1 nitrogen and oxygen atoms in total. The molecule has 1 heteroatoms. The third-order valence-electron chi connectivity index (χ3n) is 1.53. The fourth-order valence-corrected chi connectivity index (χ4v) is 0.845. The van der Waals surface area contributed by atoms with Gasteiger partial charge in [0.1, 0.15) is 0 Å². The van der Waals surface area contributed by atoms with E-state index in [1.807, 2.05) is 19.9 Å². The molecule has 0 bridgehead atoms. The van der Waals surface area contributed by atoms with Crippen molar-refractivity contribution >= 4 is 0 Å². The van der Waals surface area contributed by atoms with Crippen LogP contribution in [0.5, 0.6) is 0 Å². The predicted molar refractivity (Wildman–Crippen MR) is 72.1 cm³/mol. The quantitative estimate of drug-likeness (QED) is 0.664. The standard InChI is InChI=1S/C10H18.C2H6O.C2H6/c1-4-6-8-10(3)9-7-5-2;1-2-3;1-2/h4,7,9-10H,1,5-6,8H2,2-3H3;3H,2H2,1H3;1-2H3/b9-7+;;. The van der Waals surface area contributed by atoms with Crippen molar-refractivity contribution < 1.29 is 5.11 Å². The number of allylic oxidation sites excluding steroid dienone is 3. The van der Waals surface area contributed by atoms with Gasteiger partial charge in [0.05, 0.1) is 0 Å². The lowest BCUT2D eigenvalue weighted by Crippen LogP contribution is -1.86. The average Bonchev–Trinajstić information content (AvgIpc) is 2.27. The Morgan fingerprint density at radius 2 is 1.73 bits per heavy atom. The van der Waals surface area contributed by atoms with Gasteiger partial charge in [-0.3, -0.25) is 0 Å². The number of aliphatic hydroxyl groups is 1. The van der Waals surface area contributed by atoms with E-state index in [9.17, 15) is 0 Å². The molecule has 0 rings (SSSR count). The number of aliphatic hydroxyl groups excluding tert-OH is 1. The molecule has 92 valence electrons. The Bertz CT molecular complexity index is 117. The first-order valence-electron chi connectivity index (χ1n) is 6.11. The summed E-state index contributed by atoms with van der Waals surface area (Å²) in [6.45, 7) is 14.0. The zero-order valence-corrected chi connectivity index (χ0v) is 11.3. The van der Waals surface area contributed by atoms with E-state index >= 15 is 0 Å². The van der Waals surface area contributed by atoms with Gasteiger partial charge in [0.2, 0.25) is 0 Å². The third kappa shape index (κ3) is 31.8. The summed E-state index contributed by atoms with van der Waals surface area (Å²) in [6.07, 6.45) is 10.0. The van der Waals surface area contributed by atoms with Crippen LogP contribution in [0.2, 0.25) is 0 Å². The van der Waals surface area contributed by atoms with Gasteiger partial charge in [0, 0.05) is 6.61 Å². The first-order valence-corrected chi connectivity index (χ1v) is 6.11. The lowest BCUT2D eigenvalue weighted by atomic mass is 10.1. The van der Waals surface area contributed by atoms with Gasteiger partial charge in [0.25, 0.3) is 0 Å². The van der Waals surface area contributed by atoms with Crippen molar-refractivity contribution in [2.45, 2.75) is 53.9 Å². The molecule has 0 saturated heterocycles. The predicted octanol–water partition coefficient (Wildman–Crippen LogP) is 4.58. The Balaban J connectivity index is -0.000000245. The minimum atomic E-state index is 0.250. The molecule has 1 unspecified atom stereocenters. The van der Waals surface area contributed by atoms with Gasteiger partial charge in [-0.2, -0.15) is 0 Å². The normalized spacial score (nSPS) is 10.8. The second-order valence-corrected chi connectivity index (χ2v) is 3.00. The van der Waals surface area contributed by atoms with Crippen molar-refractivity contribution in [1.82, 2.24) is 0 Å². The van der Waals surface area contributed by atoms with E-state index in [0.717, 1.165) is 18.8 Å². The van der Waals surface area contributed by atoms with E-state index in [0.29, 0.717) is 0 Å². The molecule has 0 aliphatic rings. The number of hydrogen-bond acceptors (Lipinski definition) is 1. The van der Waals surface area contributed by atoms with Gasteiger partial charge in [0.15, 0.2) is 0 Å². The molecule has 0 aromatic heterocycles. The van der Waals surface area contributed by atoms with Gasteiger partial charge in [-0.1, -0.05) is 45.9 Å². The monoisotopic (exact) mass is 214 g/mol. The lowest BCUT2D eigenvalue weighted by Gasteiger charge is -2.01. The molecule has 0 aliphatic carbocycles. The summed E-state index contributed by atoms with van der Waals surface area (Å²) in [4.78, 5) is 0.